The van der Waals surface area contributed by atoms with E-state index in [0.29, 0.717) is 19.5 Å². The molecule has 3 rings (SSSR count). The Labute approximate surface area is 234 Å². The van der Waals surface area contributed by atoms with Crippen molar-refractivity contribution in [2.45, 2.75) is 105 Å². The molecular weight excluding hydrogens is 532 g/mol. The van der Waals surface area contributed by atoms with Crippen LogP contribution >= 0.6 is 0 Å². The average Bonchev–Trinajstić information content (AvgIpc) is 2.93. The topological polar surface area (TPSA) is 266 Å². The van der Waals surface area contributed by atoms with Gasteiger partial charge in [0.1, 0.15) is 18.3 Å². The molecule has 40 heavy (non-hydrogen) atoms. The summed E-state index contributed by atoms with van der Waals surface area (Å²) >= 11 is 0. The van der Waals surface area contributed by atoms with Crippen molar-refractivity contribution in [3.63, 3.8) is 0 Å². The van der Waals surface area contributed by atoms with E-state index in [9.17, 15) is 35.7 Å². The SMILES string of the molecule is C[C@@H]1[C@@H](N)[C@@H](C2[C@@H](N)C[C@@H](NC(CO)CO)[C@H](O[C@H]3O[C@H](CO)[C@@H](O)C[C@H]3O)[C@H]2O)O[C@H](CNCCCO)[C@H]1O. The molecule has 0 aromatic rings. The Morgan fingerprint density at radius 3 is 2.25 bits per heavy atom. The highest BCUT2D eigenvalue weighted by Crippen LogP contribution is 2.38. The number of rotatable bonds is 13. The maximum atomic E-state index is 11.7. The Balaban J connectivity index is 1.84. The molecule has 1 unspecified atom stereocenters. The molecule has 14 N–H and O–H groups in total. The van der Waals surface area contributed by atoms with Gasteiger partial charge < -0.3 is 77.2 Å². The lowest BCUT2D eigenvalue weighted by molar-refractivity contribution is -0.303. The van der Waals surface area contributed by atoms with Crippen molar-refractivity contribution in [1.82, 2.24) is 10.6 Å². The first-order chi connectivity index (χ1) is 19.1. The summed E-state index contributed by atoms with van der Waals surface area (Å²) in [6, 6.07) is -2.79. The predicted molar refractivity (Wildman–Crippen MR) is 141 cm³/mol. The summed E-state index contributed by atoms with van der Waals surface area (Å²) in [4.78, 5) is 0. The molecule has 3 fully saturated rings. The van der Waals surface area contributed by atoms with Gasteiger partial charge in [-0.15, -0.1) is 0 Å². The molecule has 0 amide bonds. The van der Waals surface area contributed by atoms with Crippen LogP contribution in [0.2, 0.25) is 0 Å². The van der Waals surface area contributed by atoms with Crippen molar-refractivity contribution in [2.24, 2.45) is 23.3 Å². The van der Waals surface area contributed by atoms with Crippen LogP contribution in [-0.4, -0.2) is 160 Å². The lowest BCUT2D eigenvalue weighted by Gasteiger charge is -2.52. The summed E-state index contributed by atoms with van der Waals surface area (Å²) in [5, 5.41) is 87.3. The Morgan fingerprint density at radius 1 is 0.925 bits per heavy atom. The van der Waals surface area contributed by atoms with Gasteiger partial charge in [0.05, 0.1) is 56.4 Å². The van der Waals surface area contributed by atoms with Gasteiger partial charge in [-0.3, -0.25) is 0 Å². The lowest BCUT2D eigenvalue weighted by atomic mass is 9.70. The van der Waals surface area contributed by atoms with Crippen LogP contribution in [0.1, 0.15) is 26.2 Å². The maximum absolute atomic E-state index is 11.7. The number of aliphatic hydroxyl groups is 8. The summed E-state index contributed by atoms with van der Waals surface area (Å²) < 4.78 is 18.0. The van der Waals surface area contributed by atoms with E-state index in [2.05, 4.69) is 10.6 Å². The molecule has 2 saturated heterocycles. The Morgan fingerprint density at radius 2 is 1.62 bits per heavy atom. The summed E-state index contributed by atoms with van der Waals surface area (Å²) in [5.41, 5.74) is 13.1. The number of hydrogen-bond acceptors (Lipinski definition) is 15. The molecule has 1 saturated carbocycles. The van der Waals surface area contributed by atoms with Crippen molar-refractivity contribution in [2.75, 3.05) is 39.5 Å². The van der Waals surface area contributed by atoms with Crippen LogP contribution in [0.5, 0.6) is 0 Å². The zero-order valence-corrected chi connectivity index (χ0v) is 23.0. The normalized spacial score (nSPS) is 44.7. The van der Waals surface area contributed by atoms with Gasteiger partial charge in [0.25, 0.3) is 0 Å². The first-order valence-corrected chi connectivity index (χ1v) is 14.2. The maximum Gasteiger partial charge on any atom is 0.184 e. The summed E-state index contributed by atoms with van der Waals surface area (Å²) in [7, 11) is 0. The minimum Gasteiger partial charge on any atom is -0.396 e. The molecule has 236 valence electrons. The lowest BCUT2D eigenvalue weighted by Crippen LogP contribution is -2.70. The number of hydrogen-bond donors (Lipinski definition) is 12. The molecule has 0 aromatic heterocycles. The Hall–Kier alpha value is -0.600. The third kappa shape index (κ3) is 7.86. The van der Waals surface area contributed by atoms with E-state index in [0.717, 1.165) is 0 Å². The highest BCUT2D eigenvalue weighted by atomic mass is 16.7. The number of aliphatic hydroxyl groups excluding tert-OH is 8. The van der Waals surface area contributed by atoms with Crippen molar-refractivity contribution < 1.29 is 55.1 Å². The molecule has 0 spiro atoms. The van der Waals surface area contributed by atoms with Gasteiger partial charge in [0.2, 0.25) is 0 Å². The fourth-order valence-corrected chi connectivity index (χ4v) is 6.05. The quantitative estimate of drug-likeness (QED) is 0.0902. The number of nitrogens with two attached hydrogens (primary N) is 2. The second-order valence-corrected chi connectivity index (χ2v) is 11.3. The monoisotopic (exact) mass is 582 g/mol. The molecule has 2 aliphatic heterocycles. The van der Waals surface area contributed by atoms with Crippen molar-refractivity contribution in [3.8, 4) is 0 Å². The van der Waals surface area contributed by atoms with Crippen LogP contribution in [0.15, 0.2) is 0 Å². The fourth-order valence-electron chi connectivity index (χ4n) is 6.05. The first kappa shape index (κ1) is 33.9. The summed E-state index contributed by atoms with van der Waals surface area (Å²) in [6.45, 7) is 1.33. The van der Waals surface area contributed by atoms with Gasteiger partial charge in [-0.2, -0.15) is 0 Å². The molecule has 3 aliphatic rings. The van der Waals surface area contributed by atoms with E-state index in [1.807, 2.05) is 0 Å². The van der Waals surface area contributed by atoms with Gasteiger partial charge >= 0.3 is 0 Å². The molecular formula is C25H50N4O11. The highest BCUT2D eigenvalue weighted by Gasteiger charge is 2.54. The fraction of sp³-hybridized carbons (Fsp3) is 1.00. The van der Waals surface area contributed by atoms with Gasteiger partial charge in [0.15, 0.2) is 6.29 Å². The standard InChI is InChI=1S/C25H50N4O11/c1-11-20(27)24(38-17(21(11)36)7-28-3-2-4-30)19-13(26)5-14(29-12(8-31)9-32)23(22(19)37)40-25-16(35)6-15(34)18(10-33)39-25/h11-25,28-37H,2-10,26-27H2,1H3/t11-,13+,14-,15+,16-,17-,18-,19?,20-,21+,22+,23+,24-,25-/m1/s1. The molecule has 2 heterocycles. The summed E-state index contributed by atoms with van der Waals surface area (Å²) in [5.74, 6) is -1.17. The van der Waals surface area contributed by atoms with Crippen LogP contribution < -0.4 is 22.1 Å². The first-order valence-electron chi connectivity index (χ1n) is 14.2. The van der Waals surface area contributed by atoms with Gasteiger partial charge in [-0.1, -0.05) is 6.92 Å². The minimum atomic E-state index is -1.32. The molecule has 0 radical (unpaired) electrons. The average molecular weight is 583 g/mol. The molecule has 1 aliphatic carbocycles. The third-order valence-electron chi connectivity index (χ3n) is 8.52. The van der Waals surface area contributed by atoms with E-state index in [1.165, 1.54) is 0 Å². The van der Waals surface area contributed by atoms with Crippen LogP contribution in [-0.2, 0) is 14.2 Å². The van der Waals surface area contributed by atoms with Gasteiger partial charge in [-0.05, 0) is 19.4 Å². The highest BCUT2D eigenvalue weighted by molar-refractivity contribution is 5.07. The van der Waals surface area contributed by atoms with Crippen LogP contribution in [0.3, 0.4) is 0 Å². The van der Waals surface area contributed by atoms with Crippen molar-refractivity contribution >= 4 is 0 Å². The van der Waals surface area contributed by atoms with E-state index >= 15 is 0 Å². The molecule has 0 aromatic carbocycles. The third-order valence-corrected chi connectivity index (χ3v) is 8.52. The number of nitrogens with one attached hydrogen (secondary N) is 2. The second-order valence-electron chi connectivity index (χ2n) is 11.3. The number of ether oxygens (including phenoxy) is 3. The Kier molecular flexibility index (Phi) is 13.3. The zero-order chi connectivity index (χ0) is 29.6. The van der Waals surface area contributed by atoms with Gasteiger partial charge in [-0.25, -0.2) is 0 Å². The molecule has 15 nitrogen and oxygen atoms in total. The van der Waals surface area contributed by atoms with E-state index in [4.69, 9.17) is 30.8 Å². The van der Waals surface area contributed by atoms with Crippen LogP contribution in [0, 0.1) is 11.8 Å². The largest absolute Gasteiger partial charge is 0.396 e. The van der Waals surface area contributed by atoms with E-state index in [-0.39, 0.29) is 19.4 Å². The van der Waals surface area contributed by atoms with Crippen molar-refractivity contribution in [3.05, 3.63) is 0 Å². The van der Waals surface area contributed by atoms with E-state index < -0.39 is 111 Å². The van der Waals surface area contributed by atoms with Gasteiger partial charge in [0, 0.05) is 49.5 Å². The van der Waals surface area contributed by atoms with Crippen LogP contribution in [0.4, 0.5) is 0 Å². The Bertz CT molecular complexity index is 741. The summed E-state index contributed by atoms with van der Waals surface area (Å²) in [6.07, 6.45) is -8.77. The second kappa shape index (κ2) is 15.7. The smallest absolute Gasteiger partial charge is 0.184 e. The minimum absolute atomic E-state index is 0.0233. The van der Waals surface area contributed by atoms with Crippen molar-refractivity contribution in [1.29, 1.82) is 0 Å². The molecule has 15 heteroatoms. The zero-order valence-electron chi connectivity index (χ0n) is 23.0. The predicted octanol–water partition coefficient (Wildman–Crippen LogP) is -5.72. The molecule has 14 atom stereocenters. The van der Waals surface area contributed by atoms with Crippen LogP contribution in [0.25, 0.3) is 0 Å². The van der Waals surface area contributed by atoms with E-state index in [1.54, 1.807) is 6.92 Å². The molecule has 0 bridgehead atoms.